The van der Waals surface area contributed by atoms with E-state index in [1.165, 1.54) is 11.5 Å². The zero-order valence-corrected chi connectivity index (χ0v) is 13.7. The lowest BCUT2D eigenvalue weighted by atomic mass is 10.0. The first-order chi connectivity index (χ1) is 10.0. The summed E-state index contributed by atoms with van der Waals surface area (Å²) in [5.41, 5.74) is 9.28. The fraction of sp³-hybridized carbons (Fsp3) is 0.438. The van der Waals surface area contributed by atoms with E-state index in [9.17, 15) is 0 Å². The van der Waals surface area contributed by atoms with Crippen molar-refractivity contribution in [1.82, 2.24) is 4.37 Å². The van der Waals surface area contributed by atoms with Gasteiger partial charge in [0.25, 0.3) is 0 Å². The average Bonchev–Trinajstić information content (AvgIpc) is 2.81. The highest BCUT2D eigenvalue weighted by atomic mass is 32.1. The summed E-state index contributed by atoms with van der Waals surface area (Å²) in [7, 11) is 0. The van der Waals surface area contributed by atoms with Crippen LogP contribution in [0.1, 0.15) is 26.0 Å². The molecule has 0 fully saturated rings. The van der Waals surface area contributed by atoms with E-state index in [1.54, 1.807) is 0 Å². The second kappa shape index (κ2) is 7.43. The summed E-state index contributed by atoms with van der Waals surface area (Å²) >= 11 is 1.47. The van der Waals surface area contributed by atoms with Crippen LogP contribution >= 0.6 is 11.5 Å². The fourth-order valence-electron chi connectivity index (χ4n) is 2.21. The Morgan fingerprint density at radius 1 is 1.24 bits per heavy atom. The standard InChI is InChI=1S/C16H24N4S/c1-11(2)7-13(17)10-18-14-5-4-6-15(9-14)19-16-8-12(3)20-21-16/h4-6,8-9,11,13,18-19H,7,10,17H2,1-3H3/t13-/m0/s1. The minimum absolute atomic E-state index is 0.186. The number of benzene rings is 1. The minimum Gasteiger partial charge on any atom is -0.383 e. The number of hydrogen-bond donors (Lipinski definition) is 3. The molecule has 0 aliphatic rings. The topological polar surface area (TPSA) is 63.0 Å². The van der Waals surface area contributed by atoms with Crippen LogP contribution in [-0.2, 0) is 0 Å². The second-order valence-electron chi connectivity index (χ2n) is 5.81. The Kier molecular flexibility index (Phi) is 5.59. The quantitative estimate of drug-likeness (QED) is 0.724. The maximum absolute atomic E-state index is 6.10. The summed E-state index contributed by atoms with van der Waals surface area (Å²) in [6.45, 7) is 7.18. The first kappa shape index (κ1) is 15.8. The third-order valence-electron chi connectivity index (χ3n) is 3.10. The van der Waals surface area contributed by atoms with Gasteiger partial charge in [-0.25, -0.2) is 0 Å². The molecule has 0 amide bonds. The first-order valence-electron chi connectivity index (χ1n) is 7.33. The molecule has 1 aromatic carbocycles. The highest BCUT2D eigenvalue weighted by Gasteiger charge is 2.05. The number of aromatic nitrogens is 1. The number of aryl methyl sites for hydroxylation is 1. The number of nitrogens with one attached hydrogen (secondary N) is 2. The summed E-state index contributed by atoms with van der Waals surface area (Å²) in [6, 6.07) is 10.5. The van der Waals surface area contributed by atoms with Crippen LogP contribution < -0.4 is 16.4 Å². The van der Waals surface area contributed by atoms with Crippen LogP contribution in [0.3, 0.4) is 0 Å². The van der Waals surface area contributed by atoms with Crippen molar-refractivity contribution in [1.29, 1.82) is 0 Å². The van der Waals surface area contributed by atoms with Crippen LogP contribution in [0.2, 0.25) is 0 Å². The van der Waals surface area contributed by atoms with Gasteiger partial charge in [-0.2, -0.15) is 4.37 Å². The molecule has 0 bridgehead atoms. The van der Waals surface area contributed by atoms with Gasteiger partial charge in [-0.1, -0.05) is 19.9 Å². The van der Waals surface area contributed by atoms with Gasteiger partial charge in [0.2, 0.25) is 0 Å². The molecule has 4 N–H and O–H groups in total. The van der Waals surface area contributed by atoms with Crippen molar-refractivity contribution in [3.05, 3.63) is 36.0 Å². The molecule has 0 radical (unpaired) electrons. The summed E-state index contributed by atoms with van der Waals surface area (Å²) < 4.78 is 4.27. The van der Waals surface area contributed by atoms with Crippen molar-refractivity contribution in [2.75, 3.05) is 17.2 Å². The lowest BCUT2D eigenvalue weighted by Crippen LogP contribution is -2.30. The SMILES string of the molecule is Cc1cc(Nc2cccc(NC[C@@H](N)CC(C)C)c2)sn1. The normalized spacial score (nSPS) is 12.4. The number of rotatable bonds is 7. The summed E-state index contributed by atoms with van der Waals surface area (Å²) in [6.07, 6.45) is 1.03. The van der Waals surface area contributed by atoms with Gasteiger partial charge >= 0.3 is 0 Å². The predicted octanol–water partition coefficient (Wildman–Crippen LogP) is 3.98. The number of nitrogens with zero attached hydrogens (tertiary/aromatic N) is 1. The van der Waals surface area contributed by atoms with E-state index in [0.717, 1.165) is 35.0 Å². The molecule has 0 aliphatic carbocycles. The van der Waals surface area contributed by atoms with Gasteiger partial charge in [-0.3, -0.25) is 0 Å². The van der Waals surface area contributed by atoms with E-state index in [4.69, 9.17) is 5.73 Å². The smallest absolute Gasteiger partial charge is 0.114 e. The molecule has 0 spiro atoms. The molecule has 5 heteroatoms. The molecule has 0 unspecified atom stereocenters. The van der Waals surface area contributed by atoms with E-state index in [0.29, 0.717) is 5.92 Å². The molecule has 0 saturated heterocycles. The Labute approximate surface area is 130 Å². The van der Waals surface area contributed by atoms with Crippen LogP contribution in [-0.4, -0.2) is 17.0 Å². The largest absolute Gasteiger partial charge is 0.383 e. The van der Waals surface area contributed by atoms with Gasteiger partial charge in [0, 0.05) is 24.0 Å². The van der Waals surface area contributed by atoms with Crippen molar-refractivity contribution in [2.45, 2.75) is 33.2 Å². The molecule has 1 atom stereocenters. The zero-order chi connectivity index (χ0) is 15.2. The van der Waals surface area contributed by atoms with E-state index in [2.05, 4.69) is 41.0 Å². The first-order valence-corrected chi connectivity index (χ1v) is 8.10. The number of hydrogen-bond acceptors (Lipinski definition) is 5. The molecular formula is C16H24N4S. The van der Waals surface area contributed by atoms with Crippen molar-refractivity contribution in [3.8, 4) is 0 Å². The predicted molar refractivity (Wildman–Crippen MR) is 92.5 cm³/mol. The third-order valence-corrected chi connectivity index (χ3v) is 3.90. The maximum Gasteiger partial charge on any atom is 0.114 e. The molecule has 21 heavy (non-hydrogen) atoms. The number of nitrogens with two attached hydrogens (primary N) is 1. The maximum atomic E-state index is 6.10. The Balaban J connectivity index is 1.91. The van der Waals surface area contributed by atoms with Crippen LogP contribution in [0.4, 0.5) is 16.4 Å². The molecule has 1 aromatic heterocycles. The van der Waals surface area contributed by atoms with E-state index < -0.39 is 0 Å². The van der Waals surface area contributed by atoms with Gasteiger partial charge < -0.3 is 16.4 Å². The van der Waals surface area contributed by atoms with E-state index in [1.807, 2.05) is 25.1 Å². The molecule has 0 saturated carbocycles. The molecule has 2 aromatic rings. The second-order valence-corrected chi connectivity index (χ2v) is 6.61. The summed E-state index contributed by atoms with van der Waals surface area (Å²) in [5.74, 6) is 0.629. The van der Waals surface area contributed by atoms with E-state index >= 15 is 0 Å². The van der Waals surface area contributed by atoms with Gasteiger partial charge in [0.15, 0.2) is 0 Å². The average molecular weight is 304 g/mol. The van der Waals surface area contributed by atoms with Crippen molar-refractivity contribution in [2.24, 2.45) is 11.7 Å². The van der Waals surface area contributed by atoms with Crippen molar-refractivity contribution < 1.29 is 0 Å². The molecule has 2 rings (SSSR count). The van der Waals surface area contributed by atoms with Crippen LogP contribution in [0, 0.1) is 12.8 Å². The summed E-state index contributed by atoms with van der Waals surface area (Å²) in [5, 5.41) is 7.83. The van der Waals surface area contributed by atoms with Gasteiger partial charge in [0.1, 0.15) is 5.00 Å². The third kappa shape index (κ3) is 5.36. The lowest BCUT2D eigenvalue weighted by molar-refractivity contribution is 0.508. The minimum atomic E-state index is 0.186. The van der Waals surface area contributed by atoms with Crippen LogP contribution in [0.25, 0.3) is 0 Å². The zero-order valence-electron chi connectivity index (χ0n) is 12.9. The molecule has 114 valence electrons. The molecule has 1 heterocycles. The summed E-state index contributed by atoms with van der Waals surface area (Å²) in [4.78, 5) is 0. The monoisotopic (exact) mass is 304 g/mol. The molecule has 4 nitrogen and oxygen atoms in total. The van der Waals surface area contributed by atoms with Gasteiger partial charge in [0.05, 0.1) is 5.69 Å². The highest BCUT2D eigenvalue weighted by Crippen LogP contribution is 2.23. The van der Waals surface area contributed by atoms with Crippen LogP contribution in [0.5, 0.6) is 0 Å². The number of anilines is 3. The van der Waals surface area contributed by atoms with Crippen molar-refractivity contribution in [3.63, 3.8) is 0 Å². The fourth-order valence-corrected chi connectivity index (χ4v) is 2.89. The Morgan fingerprint density at radius 3 is 2.67 bits per heavy atom. The van der Waals surface area contributed by atoms with E-state index in [-0.39, 0.29) is 6.04 Å². The molecule has 0 aliphatic heterocycles. The lowest BCUT2D eigenvalue weighted by Gasteiger charge is -2.16. The Hall–Kier alpha value is -1.59. The Morgan fingerprint density at radius 2 is 2.00 bits per heavy atom. The van der Waals surface area contributed by atoms with Gasteiger partial charge in [-0.05, 0) is 55.1 Å². The highest BCUT2D eigenvalue weighted by molar-refractivity contribution is 7.10. The molecular weight excluding hydrogens is 280 g/mol. The Bertz CT molecular complexity index is 565. The van der Waals surface area contributed by atoms with Gasteiger partial charge in [-0.15, -0.1) is 0 Å². The van der Waals surface area contributed by atoms with Crippen LogP contribution in [0.15, 0.2) is 30.3 Å². The van der Waals surface area contributed by atoms with Crippen molar-refractivity contribution >= 4 is 27.9 Å².